The Hall–Kier alpha value is -2.39. The number of hydrogen-bond donors (Lipinski definition) is 2. The summed E-state index contributed by atoms with van der Waals surface area (Å²) in [7, 11) is 0. The lowest BCUT2D eigenvalue weighted by Gasteiger charge is -2.42. The standard InChI is InChI=1S/C15H17N3O3/c1-9(19)11-5-4-10(7-16)6-12(11)18-8-13(20)17-14(21)15(18,2)3/h4-6,9,19H,8H2,1-3H3,(H,17,20,21). The summed E-state index contributed by atoms with van der Waals surface area (Å²) >= 11 is 0. The van der Waals surface area contributed by atoms with Crippen LogP contribution in [0, 0.1) is 11.3 Å². The summed E-state index contributed by atoms with van der Waals surface area (Å²) in [4.78, 5) is 25.3. The van der Waals surface area contributed by atoms with Gasteiger partial charge in [0.15, 0.2) is 0 Å². The molecule has 0 saturated carbocycles. The Labute approximate surface area is 123 Å². The Morgan fingerprint density at radius 2 is 2.10 bits per heavy atom. The largest absolute Gasteiger partial charge is 0.389 e. The Morgan fingerprint density at radius 3 is 2.67 bits per heavy atom. The Balaban J connectivity index is 2.60. The fraction of sp³-hybridized carbons (Fsp3) is 0.400. The van der Waals surface area contributed by atoms with Gasteiger partial charge in [0.25, 0.3) is 5.91 Å². The zero-order valence-corrected chi connectivity index (χ0v) is 12.2. The zero-order valence-electron chi connectivity index (χ0n) is 12.2. The highest BCUT2D eigenvalue weighted by molar-refractivity contribution is 6.06. The SMILES string of the molecule is CC(O)c1ccc(C#N)cc1N1CC(=O)NC(=O)C1(C)C. The maximum absolute atomic E-state index is 12.0. The van der Waals surface area contributed by atoms with E-state index in [4.69, 9.17) is 5.26 Å². The second-order valence-electron chi connectivity index (χ2n) is 5.58. The van der Waals surface area contributed by atoms with Gasteiger partial charge >= 0.3 is 0 Å². The minimum absolute atomic E-state index is 0.00661. The van der Waals surface area contributed by atoms with Crippen LogP contribution < -0.4 is 10.2 Å². The first kappa shape index (κ1) is 15.0. The molecule has 0 aliphatic carbocycles. The lowest BCUT2D eigenvalue weighted by Crippen LogP contribution is -2.64. The van der Waals surface area contributed by atoms with Gasteiger partial charge in [-0.2, -0.15) is 5.26 Å². The molecule has 1 unspecified atom stereocenters. The van der Waals surface area contributed by atoms with Gasteiger partial charge in [0.05, 0.1) is 24.3 Å². The van der Waals surface area contributed by atoms with E-state index in [0.717, 1.165) is 0 Å². The number of nitriles is 1. The summed E-state index contributed by atoms with van der Waals surface area (Å²) in [6, 6.07) is 6.87. The molecular weight excluding hydrogens is 270 g/mol. The van der Waals surface area contributed by atoms with Gasteiger partial charge in [-0.3, -0.25) is 14.9 Å². The van der Waals surface area contributed by atoms with E-state index in [0.29, 0.717) is 16.8 Å². The van der Waals surface area contributed by atoms with E-state index in [9.17, 15) is 14.7 Å². The van der Waals surface area contributed by atoms with Gasteiger partial charge in [-0.05, 0) is 32.9 Å². The van der Waals surface area contributed by atoms with E-state index in [1.54, 1.807) is 43.9 Å². The molecular formula is C15H17N3O3. The number of aliphatic hydroxyl groups is 1. The third kappa shape index (κ3) is 2.60. The van der Waals surface area contributed by atoms with Crippen LogP contribution in [0.1, 0.15) is 38.0 Å². The molecule has 21 heavy (non-hydrogen) atoms. The number of nitrogens with one attached hydrogen (secondary N) is 1. The Kier molecular flexibility index (Phi) is 3.71. The van der Waals surface area contributed by atoms with Crippen LogP contribution in [0.2, 0.25) is 0 Å². The average molecular weight is 287 g/mol. The van der Waals surface area contributed by atoms with Crippen LogP contribution in [0.25, 0.3) is 0 Å². The van der Waals surface area contributed by atoms with Gasteiger partial charge in [-0.25, -0.2) is 0 Å². The highest BCUT2D eigenvalue weighted by Crippen LogP contribution is 2.33. The van der Waals surface area contributed by atoms with Crippen LogP contribution in [-0.4, -0.2) is 29.0 Å². The lowest BCUT2D eigenvalue weighted by molar-refractivity contribution is -0.135. The topological polar surface area (TPSA) is 93.4 Å². The van der Waals surface area contributed by atoms with Gasteiger partial charge in [0.2, 0.25) is 5.91 Å². The van der Waals surface area contributed by atoms with E-state index >= 15 is 0 Å². The molecule has 0 aromatic heterocycles. The molecule has 1 saturated heterocycles. The summed E-state index contributed by atoms with van der Waals surface area (Å²) < 4.78 is 0. The van der Waals surface area contributed by atoms with Crippen molar-refractivity contribution in [3.8, 4) is 6.07 Å². The number of rotatable bonds is 2. The second-order valence-corrected chi connectivity index (χ2v) is 5.58. The summed E-state index contributed by atoms with van der Waals surface area (Å²) in [6.45, 7) is 4.98. The predicted molar refractivity (Wildman–Crippen MR) is 76.4 cm³/mol. The monoisotopic (exact) mass is 287 g/mol. The van der Waals surface area contributed by atoms with E-state index in [-0.39, 0.29) is 6.54 Å². The van der Waals surface area contributed by atoms with Crippen molar-refractivity contribution in [1.29, 1.82) is 5.26 Å². The normalized spacial score (nSPS) is 18.9. The number of nitrogens with zero attached hydrogens (tertiary/aromatic N) is 2. The average Bonchev–Trinajstić information content (AvgIpc) is 2.42. The number of aliphatic hydroxyl groups excluding tert-OH is 1. The van der Waals surface area contributed by atoms with Crippen molar-refractivity contribution in [3.63, 3.8) is 0 Å². The molecule has 110 valence electrons. The smallest absolute Gasteiger partial charge is 0.251 e. The summed E-state index contributed by atoms with van der Waals surface area (Å²) in [5, 5.41) is 21.3. The first-order valence-corrected chi connectivity index (χ1v) is 6.61. The van der Waals surface area contributed by atoms with Gasteiger partial charge in [-0.15, -0.1) is 0 Å². The fourth-order valence-electron chi connectivity index (χ4n) is 2.37. The number of benzene rings is 1. The lowest BCUT2D eigenvalue weighted by atomic mass is 9.94. The zero-order chi connectivity index (χ0) is 15.8. The molecule has 1 atom stereocenters. The molecule has 1 aromatic rings. The van der Waals surface area contributed by atoms with Crippen molar-refractivity contribution in [2.45, 2.75) is 32.4 Å². The van der Waals surface area contributed by atoms with E-state index in [1.807, 2.05) is 6.07 Å². The highest BCUT2D eigenvalue weighted by Gasteiger charge is 2.42. The number of carbonyl (C=O) groups excluding carboxylic acids is 2. The fourth-order valence-corrected chi connectivity index (χ4v) is 2.37. The van der Waals surface area contributed by atoms with Crippen LogP contribution >= 0.6 is 0 Å². The molecule has 1 aliphatic rings. The quantitative estimate of drug-likeness (QED) is 0.787. The van der Waals surface area contributed by atoms with Crippen molar-refractivity contribution in [1.82, 2.24) is 5.32 Å². The summed E-state index contributed by atoms with van der Waals surface area (Å²) in [5.74, 6) is -0.809. The number of anilines is 1. The van der Waals surface area contributed by atoms with E-state index < -0.39 is 23.5 Å². The molecule has 0 bridgehead atoms. The van der Waals surface area contributed by atoms with Crippen molar-refractivity contribution < 1.29 is 14.7 Å². The number of carbonyl (C=O) groups is 2. The van der Waals surface area contributed by atoms with Gasteiger partial charge in [0.1, 0.15) is 5.54 Å². The maximum Gasteiger partial charge on any atom is 0.251 e. The Morgan fingerprint density at radius 1 is 1.43 bits per heavy atom. The molecule has 0 spiro atoms. The van der Waals surface area contributed by atoms with Crippen LogP contribution in [0.3, 0.4) is 0 Å². The van der Waals surface area contributed by atoms with Crippen molar-refractivity contribution in [2.75, 3.05) is 11.4 Å². The molecule has 2 N–H and O–H groups in total. The maximum atomic E-state index is 12.0. The van der Waals surface area contributed by atoms with Crippen LogP contribution in [0.5, 0.6) is 0 Å². The molecule has 1 aliphatic heterocycles. The van der Waals surface area contributed by atoms with E-state index in [2.05, 4.69) is 5.32 Å². The first-order chi connectivity index (χ1) is 9.77. The van der Waals surface area contributed by atoms with Crippen molar-refractivity contribution in [2.24, 2.45) is 0 Å². The van der Waals surface area contributed by atoms with Gasteiger partial charge in [-0.1, -0.05) is 6.07 Å². The van der Waals surface area contributed by atoms with Crippen LogP contribution in [0.4, 0.5) is 5.69 Å². The second kappa shape index (κ2) is 5.19. The third-order valence-corrected chi connectivity index (χ3v) is 3.69. The van der Waals surface area contributed by atoms with Crippen molar-refractivity contribution in [3.05, 3.63) is 29.3 Å². The molecule has 0 radical (unpaired) electrons. The number of piperazine rings is 1. The summed E-state index contributed by atoms with van der Waals surface area (Å²) in [6.07, 6.45) is -0.774. The molecule has 1 fully saturated rings. The molecule has 6 heteroatoms. The minimum atomic E-state index is -0.953. The predicted octanol–water partition coefficient (Wildman–Crippen LogP) is 0.853. The minimum Gasteiger partial charge on any atom is -0.389 e. The van der Waals surface area contributed by atoms with Crippen LogP contribution in [0.15, 0.2) is 18.2 Å². The molecule has 2 amide bonds. The number of imide groups is 1. The Bertz CT molecular complexity index is 644. The molecule has 2 rings (SSSR count). The molecule has 1 aromatic carbocycles. The molecule has 6 nitrogen and oxygen atoms in total. The highest BCUT2D eigenvalue weighted by atomic mass is 16.3. The van der Waals surface area contributed by atoms with Crippen molar-refractivity contribution >= 4 is 17.5 Å². The van der Waals surface area contributed by atoms with Crippen LogP contribution in [-0.2, 0) is 9.59 Å². The number of hydrogen-bond acceptors (Lipinski definition) is 5. The van der Waals surface area contributed by atoms with Gasteiger partial charge in [0, 0.05) is 11.3 Å². The molecule has 1 heterocycles. The third-order valence-electron chi connectivity index (χ3n) is 3.69. The first-order valence-electron chi connectivity index (χ1n) is 6.61. The number of amides is 2. The summed E-state index contributed by atoms with van der Waals surface area (Å²) in [5.41, 5.74) is 0.552. The van der Waals surface area contributed by atoms with E-state index in [1.165, 1.54) is 0 Å². The van der Waals surface area contributed by atoms with Gasteiger partial charge < -0.3 is 10.0 Å².